The lowest BCUT2D eigenvalue weighted by Crippen LogP contribution is -2.41. The molecule has 0 fully saturated rings. The van der Waals surface area contributed by atoms with Gasteiger partial charge in [-0.3, -0.25) is 4.79 Å². The van der Waals surface area contributed by atoms with Crippen molar-refractivity contribution in [1.82, 2.24) is 10.3 Å². The van der Waals surface area contributed by atoms with Crippen molar-refractivity contribution in [3.8, 4) is 0 Å². The second kappa shape index (κ2) is 8.08. The van der Waals surface area contributed by atoms with E-state index in [0.29, 0.717) is 0 Å². The highest BCUT2D eigenvalue weighted by Gasteiger charge is 2.13. The lowest BCUT2D eigenvalue weighted by Gasteiger charge is -2.14. The van der Waals surface area contributed by atoms with Crippen LogP contribution in [0.25, 0.3) is 0 Å². The van der Waals surface area contributed by atoms with E-state index in [1.807, 2.05) is 18.2 Å². The zero-order chi connectivity index (χ0) is 12.5. The van der Waals surface area contributed by atoms with Crippen LogP contribution in [-0.4, -0.2) is 29.2 Å². The number of thioether (sulfide) groups is 1. The van der Waals surface area contributed by atoms with E-state index in [0.717, 1.165) is 30.2 Å². The minimum Gasteiger partial charge on any atom is -0.368 e. The fourth-order valence-corrected chi connectivity index (χ4v) is 2.25. The number of nitrogens with zero attached hydrogens (tertiary/aromatic N) is 1. The van der Waals surface area contributed by atoms with Crippen molar-refractivity contribution in [2.75, 3.05) is 12.3 Å². The largest absolute Gasteiger partial charge is 0.368 e. The van der Waals surface area contributed by atoms with Gasteiger partial charge in [-0.05, 0) is 31.5 Å². The van der Waals surface area contributed by atoms with Crippen molar-refractivity contribution in [1.29, 1.82) is 0 Å². The number of amides is 1. The number of rotatable bonds is 8. The smallest absolute Gasteiger partial charge is 0.234 e. The van der Waals surface area contributed by atoms with Crippen LogP contribution in [0.1, 0.15) is 19.8 Å². The summed E-state index contributed by atoms with van der Waals surface area (Å²) in [4.78, 5) is 15.4. The van der Waals surface area contributed by atoms with E-state index in [-0.39, 0.29) is 11.9 Å². The molecule has 0 aliphatic rings. The minimum absolute atomic E-state index is 0.230. The molecular weight excluding hydrogens is 234 g/mol. The number of aromatic nitrogens is 1. The predicted octanol–water partition coefficient (Wildman–Crippen LogP) is 1.42. The molecule has 17 heavy (non-hydrogen) atoms. The molecule has 1 unspecified atom stereocenters. The van der Waals surface area contributed by atoms with Gasteiger partial charge in [0.25, 0.3) is 0 Å². The highest BCUT2D eigenvalue weighted by Crippen LogP contribution is 2.15. The Kier molecular flexibility index (Phi) is 6.65. The molecule has 0 spiro atoms. The first-order valence-corrected chi connectivity index (χ1v) is 6.79. The third-order valence-electron chi connectivity index (χ3n) is 2.28. The molecule has 1 aromatic heterocycles. The summed E-state index contributed by atoms with van der Waals surface area (Å²) in [5, 5.41) is 4.12. The Balaban J connectivity index is 2.29. The van der Waals surface area contributed by atoms with Crippen molar-refractivity contribution in [2.45, 2.75) is 30.8 Å². The molecule has 1 heterocycles. The van der Waals surface area contributed by atoms with Crippen LogP contribution in [0, 0.1) is 0 Å². The van der Waals surface area contributed by atoms with E-state index < -0.39 is 0 Å². The number of carbonyl (C=O) groups excluding carboxylic acids is 1. The zero-order valence-electron chi connectivity index (χ0n) is 10.1. The normalized spacial score (nSPS) is 12.3. The summed E-state index contributed by atoms with van der Waals surface area (Å²) in [6.45, 7) is 2.88. The van der Waals surface area contributed by atoms with E-state index in [1.54, 1.807) is 18.0 Å². The van der Waals surface area contributed by atoms with E-state index in [2.05, 4.69) is 17.2 Å². The molecule has 0 radical (unpaired) electrons. The lowest BCUT2D eigenvalue weighted by molar-refractivity contribution is -0.120. The van der Waals surface area contributed by atoms with Crippen molar-refractivity contribution >= 4 is 17.7 Å². The third-order valence-corrected chi connectivity index (χ3v) is 3.26. The Morgan fingerprint density at radius 1 is 1.59 bits per heavy atom. The Bertz CT molecular complexity index is 332. The summed E-state index contributed by atoms with van der Waals surface area (Å²) < 4.78 is 0. The van der Waals surface area contributed by atoms with Crippen LogP contribution < -0.4 is 11.1 Å². The lowest BCUT2D eigenvalue weighted by atomic mass is 10.2. The molecule has 0 aromatic carbocycles. The van der Waals surface area contributed by atoms with Gasteiger partial charge in [-0.15, -0.1) is 11.8 Å². The van der Waals surface area contributed by atoms with Gasteiger partial charge < -0.3 is 11.1 Å². The molecule has 0 saturated carbocycles. The van der Waals surface area contributed by atoms with Gasteiger partial charge in [0.1, 0.15) is 0 Å². The van der Waals surface area contributed by atoms with Crippen LogP contribution in [0.5, 0.6) is 0 Å². The van der Waals surface area contributed by atoms with Crippen LogP contribution in [0.2, 0.25) is 0 Å². The summed E-state index contributed by atoms with van der Waals surface area (Å²) in [5.41, 5.74) is 5.33. The summed E-state index contributed by atoms with van der Waals surface area (Å²) in [7, 11) is 0. The molecule has 0 aliphatic carbocycles. The van der Waals surface area contributed by atoms with Gasteiger partial charge in [0.15, 0.2) is 0 Å². The maximum Gasteiger partial charge on any atom is 0.234 e. The van der Waals surface area contributed by atoms with Gasteiger partial charge in [-0.25, -0.2) is 4.98 Å². The summed E-state index contributed by atoms with van der Waals surface area (Å²) in [6, 6.07) is 5.57. The van der Waals surface area contributed by atoms with E-state index >= 15 is 0 Å². The van der Waals surface area contributed by atoms with Gasteiger partial charge in [0.05, 0.1) is 11.1 Å². The molecule has 4 nitrogen and oxygen atoms in total. The zero-order valence-corrected chi connectivity index (χ0v) is 10.9. The van der Waals surface area contributed by atoms with Crippen molar-refractivity contribution in [3.63, 3.8) is 0 Å². The molecule has 1 rings (SSSR count). The molecule has 0 saturated heterocycles. The highest BCUT2D eigenvalue weighted by atomic mass is 32.2. The van der Waals surface area contributed by atoms with Crippen molar-refractivity contribution in [3.05, 3.63) is 24.4 Å². The molecular formula is C12H19N3OS. The van der Waals surface area contributed by atoms with E-state index in [1.165, 1.54) is 0 Å². The number of pyridine rings is 1. The van der Waals surface area contributed by atoms with Crippen LogP contribution in [0.15, 0.2) is 29.4 Å². The van der Waals surface area contributed by atoms with Gasteiger partial charge in [0, 0.05) is 11.9 Å². The van der Waals surface area contributed by atoms with Crippen LogP contribution in [0.4, 0.5) is 0 Å². The molecule has 0 bridgehead atoms. The SMILES string of the molecule is CCCNC(CCSc1ccccn1)C(N)=O. The first kappa shape index (κ1) is 14.0. The first-order chi connectivity index (χ1) is 8.24. The maximum absolute atomic E-state index is 11.2. The maximum atomic E-state index is 11.2. The number of primary amides is 1. The second-order valence-electron chi connectivity index (χ2n) is 3.71. The summed E-state index contributed by atoms with van der Waals surface area (Å²) in [6.07, 6.45) is 3.50. The van der Waals surface area contributed by atoms with E-state index in [4.69, 9.17) is 5.73 Å². The molecule has 5 heteroatoms. The van der Waals surface area contributed by atoms with Crippen LogP contribution in [-0.2, 0) is 4.79 Å². The molecule has 0 aliphatic heterocycles. The summed E-state index contributed by atoms with van der Waals surface area (Å²) >= 11 is 1.64. The van der Waals surface area contributed by atoms with Crippen molar-refractivity contribution in [2.24, 2.45) is 5.73 Å². The van der Waals surface area contributed by atoms with Gasteiger partial charge >= 0.3 is 0 Å². The predicted molar refractivity (Wildman–Crippen MR) is 70.9 cm³/mol. The summed E-state index contributed by atoms with van der Waals surface area (Å²) in [5.74, 6) is 0.557. The third kappa shape index (κ3) is 5.70. The second-order valence-corrected chi connectivity index (χ2v) is 4.83. The molecule has 94 valence electrons. The van der Waals surface area contributed by atoms with Gasteiger partial charge in [-0.1, -0.05) is 13.0 Å². The first-order valence-electron chi connectivity index (χ1n) is 5.80. The van der Waals surface area contributed by atoms with Crippen molar-refractivity contribution < 1.29 is 4.79 Å². The molecule has 3 N–H and O–H groups in total. The monoisotopic (exact) mass is 253 g/mol. The minimum atomic E-state index is -0.278. The topological polar surface area (TPSA) is 68.0 Å². The fourth-order valence-electron chi connectivity index (χ4n) is 1.38. The average Bonchev–Trinajstić information content (AvgIpc) is 2.34. The Morgan fingerprint density at radius 2 is 2.41 bits per heavy atom. The Morgan fingerprint density at radius 3 is 3.00 bits per heavy atom. The molecule has 1 amide bonds. The Hall–Kier alpha value is -1.07. The molecule has 1 aromatic rings. The number of nitrogens with two attached hydrogens (primary N) is 1. The standard InChI is InChI=1S/C12H19N3OS/c1-2-7-14-10(12(13)16)6-9-17-11-5-3-4-8-15-11/h3-5,8,10,14H,2,6-7,9H2,1H3,(H2,13,16). The van der Waals surface area contributed by atoms with Crippen LogP contribution in [0.3, 0.4) is 0 Å². The van der Waals surface area contributed by atoms with Crippen LogP contribution >= 0.6 is 11.8 Å². The quantitative estimate of drug-likeness (QED) is 0.688. The number of hydrogen-bond acceptors (Lipinski definition) is 4. The fraction of sp³-hybridized carbons (Fsp3) is 0.500. The van der Waals surface area contributed by atoms with E-state index in [9.17, 15) is 4.79 Å². The number of carbonyl (C=O) groups is 1. The van der Waals surface area contributed by atoms with Gasteiger partial charge in [0.2, 0.25) is 5.91 Å². The highest BCUT2D eigenvalue weighted by molar-refractivity contribution is 7.99. The number of hydrogen-bond donors (Lipinski definition) is 2. The number of nitrogens with one attached hydrogen (secondary N) is 1. The average molecular weight is 253 g/mol. The molecule has 1 atom stereocenters. The Labute approximate surface area is 106 Å². The van der Waals surface area contributed by atoms with Gasteiger partial charge in [-0.2, -0.15) is 0 Å².